The van der Waals surface area contributed by atoms with Crippen LogP contribution in [0.5, 0.6) is 11.5 Å². The van der Waals surface area contributed by atoms with Gasteiger partial charge in [0, 0.05) is 12.1 Å². The molecule has 0 saturated carbocycles. The van der Waals surface area contributed by atoms with Gasteiger partial charge in [0.25, 0.3) is 0 Å². The molecule has 2 atom stereocenters. The summed E-state index contributed by atoms with van der Waals surface area (Å²) in [4.78, 5) is 0.228. The maximum Gasteiger partial charge on any atom is 0.241 e. The van der Waals surface area contributed by atoms with Gasteiger partial charge in [-0.25, -0.2) is 13.1 Å². The molecule has 1 saturated heterocycles. The van der Waals surface area contributed by atoms with Gasteiger partial charge >= 0.3 is 0 Å². The van der Waals surface area contributed by atoms with Crippen molar-refractivity contribution in [3.63, 3.8) is 0 Å². The van der Waals surface area contributed by atoms with E-state index in [1.807, 2.05) is 6.92 Å². The van der Waals surface area contributed by atoms with Crippen LogP contribution in [-0.2, 0) is 10.0 Å². The molecule has 23 heavy (non-hydrogen) atoms. The first-order chi connectivity index (χ1) is 10.9. The van der Waals surface area contributed by atoms with Crippen molar-refractivity contribution in [1.82, 2.24) is 10.0 Å². The van der Waals surface area contributed by atoms with Crippen LogP contribution in [0.4, 0.5) is 0 Å². The minimum Gasteiger partial charge on any atom is -0.493 e. The molecule has 2 N–H and O–H groups in total. The SMILES string of the molecule is COc1cc(C)c(S(=O)(=O)NC(C)C2CCCNC2)cc1OC. The van der Waals surface area contributed by atoms with Gasteiger partial charge in [-0.15, -0.1) is 0 Å². The molecule has 1 fully saturated rings. The lowest BCUT2D eigenvalue weighted by Crippen LogP contribution is -2.44. The van der Waals surface area contributed by atoms with Crippen molar-refractivity contribution >= 4 is 10.0 Å². The van der Waals surface area contributed by atoms with Crippen molar-refractivity contribution < 1.29 is 17.9 Å². The molecular formula is C16H26N2O4S. The quantitative estimate of drug-likeness (QED) is 0.822. The number of piperidine rings is 1. The van der Waals surface area contributed by atoms with Gasteiger partial charge in [0.05, 0.1) is 19.1 Å². The zero-order valence-electron chi connectivity index (χ0n) is 14.2. The number of methoxy groups -OCH3 is 2. The summed E-state index contributed by atoms with van der Waals surface area (Å²) in [5.41, 5.74) is 0.629. The Hall–Kier alpha value is -1.31. The molecule has 1 heterocycles. The summed E-state index contributed by atoms with van der Waals surface area (Å²) in [6.45, 7) is 5.52. The van der Waals surface area contributed by atoms with Crippen LogP contribution in [-0.4, -0.2) is 41.8 Å². The molecule has 1 aliphatic rings. The van der Waals surface area contributed by atoms with E-state index in [2.05, 4.69) is 10.0 Å². The number of nitrogens with one attached hydrogen (secondary N) is 2. The topological polar surface area (TPSA) is 76.7 Å². The van der Waals surface area contributed by atoms with Gasteiger partial charge in [-0.1, -0.05) is 0 Å². The highest BCUT2D eigenvalue weighted by atomic mass is 32.2. The fourth-order valence-corrected chi connectivity index (χ4v) is 4.52. The molecule has 0 radical (unpaired) electrons. The van der Waals surface area contributed by atoms with Gasteiger partial charge in [-0.2, -0.15) is 0 Å². The number of rotatable bonds is 6. The van der Waals surface area contributed by atoms with Crippen LogP contribution in [0.15, 0.2) is 17.0 Å². The molecule has 1 aliphatic heterocycles. The fraction of sp³-hybridized carbons (Fsp3) is 0.625. The smallest absolute Gasteiger partial charge is 0.241 e. The van der Waals surface area contributed by atoms with Crippen molar-refractivity contribution in [2.75, 3.05) is 27.3 Å². The van der Waals surface area contributed by atoms with E-state index in [1.165, 1.54) is 20.3 Å². The van der Waals surface area contributed by atoms with Crippen LogP contribution in [0.25, 0.3) is 0 Å². The van der Waals surface area contributed by atoms with E-state index in [1.54, 1.807) is 13.0 Å². The summed E-state index contributed by atoms with van der Waals surface area (Å²) in [5, 5.41) is 3.31. The largest absolute Gasteiger partial charge is 0.493 e. The maximum atomic E-state index is 12.7. The molecule has 1 aromatic carbocycles. The van der Waals surface area contributed by atoms with Gasteiger partial charge < -0.3 is 14.8 Å². The number of benzene rings is 1. The minimum atomic E-state index is -3.61. The first-order valence-corrected chi connectivity index (χ1v) is 9.33. The number of ether oxygens (including phenoxy) is 2. The summed E-state index contributed by atoms with van der Waals surface area (Å²) in [7, 11) is -0.587. The van der Waals surface area contributed by atoms with Crippen LogP contribution < -0.4 is 19.5 Å². The van der Waals surface area contributed by atoms with Crippen molar-refractivity contribution in [3.05, 3.63) is 17.7 Å². The Morgan fingerprint density at radius 3 is 2.48 bits per heavy atom. The molecule has 6 nitrogen and oxygen atoms in total. The van der Waals surface area contributed by atoms with E-state index in [9.17, 15) is 8.42 Å². The zero-order valence-corrected chi connectivity index (χ0v) is 15.0. The van der Waals surface area contributed by atoms with Crippen LogP contribution in [0.1, 0.15) is 25.3 Å². The van der Waals surface area contributed by atoms with Crippen molar-refractivity contribution in [3.8, 4) is 11.5 Å². The van der Waals surface area contributed by atoms with E-state index in [0.29, 0.717) is 23.0 Å². The summed E-state index contributed by atoms with van der Waals surface area (Å²) in [5.74, 6) is 1.23. The molecule has 2 unspecified atom stereocenters. The van der Waals surface area contributed by atoms with Crippen LogP contribution in [0, 0.1) is 12.8 Å². The first-order valence-electron chi connectivity index (χ1n) is 7.84. The number of aryl methyl sites for hydroxylation is 1. The molecule has 0 bridgehead atoms. The summed E-state index contributed by atoms with van der Waals surface area (Å²) in [6, 6.07) is 3.07. The standard InChI is InChI=1S/C16H26N2O4S/c1-11-8-14(21-3)15(22-4)9-16(11)23(19,20)18-12(2)13-6-5-7-17-10-13/h8-9,12-13,17-18H,5-7,10H2,1-4H3. The number of hydrogen-bond donors (Lipinski definition) is 2. The minimum absolute atomic E-state index is 0.125. The van der Waals surface area contributed by atoms with Crippen molar-refractivity contribution in [2.24, 2.45) is 5.92 Å². The predicted molar refractivity (Wildman–Crippen MR) is 89.7 cm³/mol. The molecule has 0 aromatic heterocycles. The normalized spacial score (nSPS) is 20.1. The van der Waals surface area contributed by atoms with Gasteiger partial charge in [0.2, 0.25) is 10.0 Å². The Morgan fingerprint density at radius 2 is 1.91 bits per heavy atom. The van der Waals surface area contributed by atoms with Crippen LogP contribution >= 0.6 is 0 Å². The highest BCUT2D eigenvalue weighted by Gasteiger charge is 2.27. The van der Waals surface area contributed by atoms with Crippen LogP contribution in [0.2, 0.25) is 0 Å². The molecule has 1 aromatic rings. The Labute approximate surface area is 138 Å². The molecule has 130 valence electrons. The lowest BCUT2D eigenvalue weighted by atomic mass is 9.94. The van der Waals surface area contributed by atoms with Gasteiger partial charge in [-0.3, -0.25) is 0 Å². The third kappa shape index (κ3) is 4.16. The first kappa shape index (κ1) is 18.0. The van der Waals surface area contributed by atoms with Crippen molar-refractivity contribution in [2.45, 2.75) is 37.6 Å². The average Bonchev–Trinajstić information content (AvgIpc) is 2.54. The lowest BCUT2D eigenvalue weighted by molar-refractivity contribution is 0.320. The fourth-order valence-electron chi connectivity index (χ4n) is 2.96. The summed E-state index contributed by atoms with van der Waals surface area (Å²) < 4.78 is 38.7. The molecule has 0 amide bonds. The van der Waals surface area contributed by atoms with E-state index < -0.39 is 10.0 Å². The van der Waals surface area contributed by atoms with E-state index in [4.69, 9.17) is 9.47 Å². The van der Waals surface area contributed by atoms with E-state index in [0.717, 1.165) is 25.9 Å². The Balaban J connectivity index is 2.24. The van der Waals surface area contributed by atoms with Crippen molar-refractivity contribution in [1.29, 1.82) is 0 Å². The van der Waals surface area contributed by atoms with Gasteiger partial charge in [-0.05, 0) is 57.3 Å². The second kappa shape index (κ2) is 7.51. The van der Waals surface area contributed by atoms with Gasteiger partial charge in [0.15, 0.2) is 11.5 Å². The lowest BCUT2D eigenvalue weighted by Gasteiger charge is -2.29. The van der Waals surface area contributed by atoms with Gasteiger partial charge in [0.1, 0.15) is 0 Å². The average molecular weight is 342 g/mol. The predicted octanol–water partition coefficient (Wildman–Crippen LogP) is 1.68. The second-order valence-corrected chi connectivity index (χ2v) is 7.67. The Kier molecular flexibility index (Phi) is 5.89. The van der Waals surface area contributed by atoms with E-state index in [-0.39, 0.29) is 10.9 Å². The zero-order chi connectivity index (χ0) is 17.0. The maximum absolute atomic E-state index is 12.7. The Bertz CT molecular complexity index is 640. The highest BCUT2D eigenvalue weighted by molar-refractivity contribution is 7.89. The Morgan fingerprint density at radius 1 is 1.26 bits per heavy atom. The third-order valence-electron chi connectivity index (χ3n) is 4.35. The number of sulfonamides is 1. The molecule has 2 rings (SSSR count). The van der Waals surface area contributed by atoms with E-state index >= 15 is 0 Å². The highest BCUT2D eigenvalue weighted by Crippen LogP contribution is 2.32. The molecular weight excluding hydrogens is 316 g/mol. The summed E-state index contributed by atoms with van der Waals surface area (Å²) >= 11 is 0. The second-order valence-electron chi connectivity index (χ2n) is 5.99. The monoisotopic (exact) mass is 342 g/mol. The molecule has 7 heteroatoms. The molecule has 0 aliphatic carbocycles. The summed E-state index contributed by atoms with van der Waals surface area (Å²) in [6.07, 6.45) is 2.10. The third-order valence-corrected chi connectivity index (χ3v) is 6.05. The number of hydrogen-bond acceptors (Lipinski definition) is 5. The van der Waals surface area contributed by atoms with Crippen LogP contribution in [0.3, 0.4) is 0 Å². The molecule has 0 spiro atoms.